The van der Waals surface area contributed by atoms with Crippen LogP contribution in [0.1, 0.15) is 24.2 Å². The maximum absolute atomic E-state index is 5.45. The fraction of sp³-hybridized carbons (Fsp3) is 0.846. The minimum absolute atomic E-state index is 0.349. The van der Waals surface area contributed by atoms with Crippen molar-refractivity contribution in [2.45, 2.75) is 18.9 Å². The molecule has 1 aromatic rings. The van der Waals surface area contributed by atoms with Crippen LogP contribution >= 0.6 is 0 Å². The van der Waals surface area contributed by atoms with Crippen LogP contribution in [0.3, 0.4) is 0 Å². The van der Waals surface area contributed by atoms with Gasteiger partial charge in [0.15, 0.2) is 5.82 Å². The number of nitrogens with zero attached hydrogens (tertiary/aromatic N) is 4. The van der Waals surface area contributed by atoms with Crippen LogP contribution in [0.5, 0.6) is 0 Å². The van der Waals surface area contributed by atoms with Crippen LogP contribution in [-0.4, -0.2) is 65.8 Å². The molecule has 1 N–H and O–H groups in total. The summed E-state index contributed by atoms with van der Waals surface area (Å²) < 4.78 is 5.45. The summed E-state index contributed by atoms with van der Waals surface area (Å²) in [7, 11) is 0. The van der Waals surface area contributed by atoms with Gasteiger partial charge < -0.3 is 9.84 Å². The number of hydrogen-bond acceptors (Lipinski definition) is 6. The Labute approximate surface area is 113 Å². The molecule has 4 aliphatic rings. The van der Waals surface area contributed by atoms with Gasteiger partial charge in [0, 0.05) is 39.1 Å². The summed E-state index contributed by atoms with van der Waals surface area (Å²) >= 11 is 0. The highest BCUT2D eigenvalue weighted by Gasteiger charge is 2.35. The molecule has 0 spiro atoms. The Hall–Kier alpha value is -0.980. The van der Waals surface area contributed by atoms with Crippen molar-refractivity contribution in [1.82, 2.24) is 25.3 Å². The highest BCUT2D eigenvalue weighted by atomic mass is 16.5. The van der Waals surface area contributed by atoms with Gasteiger partial charge in [-0.15, -0.1) is 0 Å². The van der Waals surface area contributed by atoms with Crippen LogP contribution in [0, 0.1) is 5.92 Å². The van der Waals surface area contributed by atoms with Gasteiger partial charge in [-0.25, -0.2) is 0 Å². The fourth-order valence-corrected chi connectivity index (χ4v) is 3.48. The molecule has 2 unspecified atom stereocenters. The highest BCUT2D eigenvalue weighted by molar-refractivity contribution is 5.02. The zero-order valence-electron chi connectivity index (χ0n) is 11.2. The Balaban J connectivity index is 1.45. The maximum Gasteiger partial charge on any atom is 0.227 e. The van der Waals surface area contributed by atoms with Crippen LogP contribution < -0.4 is 5.32 Å². The summed E-state index contributed by atoms with van der Waals surface area (Å²) in [5.41, 5.74) is 0. The second-order valence-electron chi connectivity index (χ2n) is 5.96. The van der Waals surface area contributed by atoms with E-state index in [1.807, 2.05) is 0 Å². The average Bonchev–Trinajstić information content (AvgIpc) is 3.12. The van der Waals surface area contributed by atoms with E-state index in [4.69, 9.17) is 4.52 Å². The standard InChI is InChI=1S/C13H21N5O/c1-2-14-8-10(1)7-12-15-13(16-19-12)11-9-17-3-5-18(11)6-4-17/h10-11,14H,1-9H2. The van der Waals surface area contributed by atoms with Crippen molar-refractivity contribution in [3.63, 3.8) is 0 Å². The molecule has 5 heterocycles. The molecular formula is C13H21N5O. The molecule has 4 saturated heterocycles. The topological polar surface area (TPSA) is 57.4 Å². The van der Waals surface area contributed by atoms with Crippen molar-refractivity contribution in [1.29, 1.82) is 0 Å². The number of rotatable bonds is 3. The summed E-state index contributed by atoms with van der Waals surface area (Å²) in [4.78, 5) is 9.64. The van der Waals surface area contributed by atoms with E-state index < -0.39 is 0 Å². The first-order valence-electron chi connectivity index (χ1n) is 7.38. The van der Waals surface area contributed by atoms with Crippen LogP contribution in [-0.2, 0) is 6.42 Å². The zero-order valence-corrected chi connectivity index (χ0v) is 11.2. The summed E-state index contributed by atoms with van der Waals surface area (Å²) in [6.07, 6.45) is 2.15. The van der Waals surface area contributed by atoms with Gasteiger partial charge in [-0.2, -0.15) is 4.98 Å². The largest absolute Gasteiger partial charge is 0.339 e. The van der Waals surface area contributed by atoms with E-state index in [1.54, 1.807) is 0 Å². The van der Waals surface area contributed by atoms with E-state index in [9.17, 15) is 0 Å². The van der Waals surface area contributed by atoms with Crippen LogP contribution in [0.15, 0.2) is 4.52 Å². The SMILES string of the molecule is C1CC(Cc2nc(C3CN4CCN3CC4)no2)CN1. The molecular weight excluding hydrogens is 242 g/mol. The first-order chi connectivity index (χ1) is 9.38. The van der Waals surface area contributed by atoms with Gasteiger partial charge in [-0.1, -0.05) is 5.16 Å². The lowest BCUT2D eigenvalue weighted by Gasteiger charge is -2.46. The van der Waals surface area contributed by atoms with Crippen molar-refractivity contribution < 1.29 is 4.52 Å². The minimum atomic E-state index is 0.349. The zero-order chi connectivity index (χ0) is 12.7. The van der Waals surface area contributed by atoms with Gasteiger partial charge >= 0.3 is 0 Å². The van der Waals surface area contributed by atoms with Gasteiger partial charge in [0.2, 0.25) is 5.89 Å². The highest BCUT2D eigenvalue weighted by Crippen LogP contribution is 2.27. The third-order valence-corrected chi connectivity index (χ3v) is 4.69. The Kier molecular flexibility index (Phi) is 3.01. The van der Waals surface area contributed by atoms with Crippen LogP contribution in [0.25, 0.3) is 0 Å². The number of piperazine rings is 3. The van der Waals surface area contributed by atoms with Crippen LogP contribution in [0.2, 0.25) is 0 Å². The Bertz CT molecular complexity index is 434. The first kappa shape index (κ1) is 11.8. The summed E-state index contributed by atoms with van der Waals surface area (Å²) in [5.74, 6) is 2.38. The lowest BCUT2D eigenvalue weighted by Crippen LogP contribution is -2.57. The average molecular weight is 263 g/mol. The maximum atomic E-state index is 5.45. The molecule has 2 bridgehead atoms. The molecule has 4 aliphatic heterocycles. The van der Waals surface area contributed by atoms with Crippen molar-refractivity contribution in [2.75, 3.05) is 45.8 Å². The lowest BCUT2D eigenvalue weighted by atomic mass is 10.1. The van der Waals surface area contributed by atoms with Gasteiger partial charge in [0.1, 0.15) is 0 Å². The molecule has 104 valence electrons. The molecule has 0 aromatic carbocycles. The van der Waals surface area contributed by atoms with Gasteiger partial charge in [0.05, 0.1) is 6.04 Å². The molecule has 5 rings (SSSR count). The predicted molar refractivity (Wildman–Crippen MR) is 69.7 cm³/mol. The predicted octanol–water partition coefficient (Wildman–Crippen LogP) is -0.106. The lowest BCUT2D eigenvalue weighted by molar-refractivity contribution is 0.00781. The summed E-state index contributed by atoms with van der Waals surface area (Å²) in [6, 6.07) is 0.349. The second kappa shape index (κ2) is 4.85. The number of aromatic nitrogens is 2. The number of nitrogens with one attached hydrogen (secondary N) is 1. The smallest absolute Gasteiger partial charge is 0.227 e. The van der Waals surface area contributed by atoms with E-state index in [1.165, 1.54) is 19.5 Å². The fourth-order valence-electron chi connectivity index (χ4n) is 3.48. The van der Waals surface area contributed by atoms with E-state index in [-0.39, 0.29) is 0 Å². The minimum Gasteiger partial charge on any atom is -0.339 e. The molecule has 1 aromatic heterocycles. The third kappa shape index (κ3) is 2.28. The molecule has 6 nitrogen and oxygen atoms in total. The number of hydrogen-bond donors (Lipinski definition) is 1. The molecule has 0 aliphatic carbocycles. The van der Waals surface area contributed by atoms with Gasteiger partial charge in [-0.05, 0) is 25.4 Å². The van der Waals surface area contributed by atoms with Crippen molar-refractivity contribution in [3.05, 3.63) is 11.7 Å². The van der Waals surface area contributed by atoms with Crippen LogP contribution in [0.4, 0.5) is 0 Å². The molecule has 6 heteroatoms. The van der Waals surface area contributed by atoms with E-state index >= 15 is 0 Å². The Morgan fingerprint density at radius 1 is 1.26 bits per heavy atom. The quantitative estimate of drug-likeness (QED) is 0.821. The van der Waals surface area contributed by atoms with Gasteiger partial charge in [0.25, 0.3) is 0 Å². The molecule has 2 atom stereocenters. The Morgan fingerprint density at radius 3 is 2.84 bits per heavy atom. The Morgan fingerprint density at radius 2 is 2.16 bits per heavy atom. The molecule has 0 radical (unpaired) electrons. The summed E-state index contributed by atoms with van der Waals surface area (Å²) in [5, 5.41) is 7.61. The monoisotopic (exact) mass is 263 g/mol. The van der Waals surface area contributed by atoms with Crippen molar-refractivity contribution in [2.24, 2.45) is 5.92 Å². The van der Waals surface area contributed by atoms with Gasteiger partial charge in [-0.3, -0.25) is 9.80 Å². The molecule has 4 fully saturated rings. The number of fused-ring (bicyclic) bond motifs is 3. The molecule has 19 heavy (non-hydrogen) atoms. The summed E-state index contributed by atoms with van der Waals surface area (Å²) in [6.45, 7) is 7.92. The molecule has 0 amide bonds. The third-order valence-electron chi connectivity index (χ3n) is 4.69. The second-order valence-corrected chi connectivity index (χ2v) is 5.96. The van der Waals surface area contributed by atoms with E-state index in [2.05, 4.69) is 25.3 Å². The van der Waals surface area contributed by atoms with E-state index in [0.29, 0.717) is 12.0 Å². The molecule has 0 saturated carbocycles. The van der Waals surface area contributed by atoms with E-state index in [0.717, 1.165) is 50.9 Å². The normalized spacial score (nSPS) is 37.9. The first-order valence-corrected chi connectivity index (χ1v) is 7.38. The van der Waals surface area contributed by atoms with Crippen molar-refractivity contribution >= 4 is 0 Å². The van der Waals surface area contributed by atoms with Crippen molar-refractivity contribution in [3.8, 4) is 0 Å².